The van der Waals surface area contributed by atoms with E-state index in [1.165, 1.54) is 0 Å². The maximum Gasteiger partial charge on any atom is 0.336 e. The Kier molecular flexibility index (Phi) is 11.3. The molecular weight excluding hydrogens is 608 g/mol. The first-order valence-corrected chi connectivity index (χ1v) is 15.6. The van der Waals surface area contributed by atoms with Gasteiger partial charge < -0.3 is 28.4 Å². The number of hydrogen-bond donors (Lipinski definition) is 0. The van der Waals surface area contributed by atoms with Crippen molar-refractivity contribution in [3.8, 4) is 23.0 Å². The number of esters is 2. The zero-order chi connectivity index (χ0) is 33.9. The molecule has 0 radical (unpaired) electrons. The monoisotopic (exact) mass is 646 g/mol. The third kappa shape index (κ3) is 8.94. The smallest absolute Gasteiger partial charge is 0.336 e. The van der Waals surface area contributed by atoms with Crippen LogP contribution in [-0.4, -0.2) is 37.7 Å². The van der Waals surface area contributed by atoms with Gasteiger partial charge in [0.2, 0.25) is 12.6 Å². The fourth-order valence-electron chi connectivity index (χ4n) is 4.82. The van der Waals surface area contributed by atoms with Gasteiger partial charge in [0.25, 0.3) is 0 Å². The second-order valence-corrected chi connectivity index (χ2v) is 11.1. The minimum atomic E-state index is -0.928. The van der Waals surface area contributed by atoms with E-state index >= 15 is 0 Å². The van der Waals surface area contributed by atoms with E-state index in [-0.39, 0.29) is 37.2 Å². The van der Waals surface area contributed by atoms with E-state index in [1.54, 1.807) is 26.0 Å². The van der Waals surface area contributed by atoms with Crippen LogP contribution in [0.3, 0.4) is 0 Å². The SMILES string of the molecule is C=C(C)C(=O)OC(CCOc1ccccc1OCCC(OC(=O)C(=C)C)Oc1cccc2ccccc12)Oc1cccc2ccccc12. The summed E-state index contributed by atoms with van der Waals surface area (Å²) in [5.74, 6) is 1.03. The van der Waals surface area contributed by atoms with Crippen molar-refractivity contribution < 1.29 is 38.0 Å². The molecule has 0 aliphatic rings. The highest BCUT2D eigenvalue weighted by Crippen LogP contribution is 2.30. The molecule has 0 spiro atoms. The minimum Gasteiger partial charge on any atom is -0.489 e. The molecule has 2 unspecified atom stereocenters. The van der Waals surface area contributed by atoms with Gasteiger partial charge in [-0.15, -0.1) is 0 Å². The van der Waals surface area contributed by atoms with Gasteiger partial charge in [-0.25, -0.2) is 9.59 Å². The molecule has 0 heterocycles. The highest BCUT2D eigenvalue weighted by molar-refractivity contribution is 5.90. The van der Waals surface area contributed by atoms with Gasteiger partial charge >= 0.3 is 11.9 Å². The van der Waals surface area contributed by atoms with Gasteiger partial charge in [-0.1, -0.05) is 98.1 Å². The van der Waals surface area contributed by atoms with Crippen LogP contribution in [0.15, 0.2) is 133 Å². The second kappa shape index (κ2) is 16.2. The third-order valence-electron chi connectivity index (χ3n) is 7.26. The molecule has 0 amide bonds. The topological polar surface area (TPSA) is 89.5 Å². The Bertz CT molecular complexity index is 1760. The molecule has 48 heavy (non-hydrogen) atoms. The van der Waals surface area contributed by atoms with E-state index in [2.05, 4.69) is 13.2 Å². The molecule has 0 saturated heterocycles. The molecule has 0 fully saturated rings. The molecule has 0 bridgehead atoms. The van der Waals surface area contributed by atoms with Crippen LogP contribution < -0.4 is 18.9 Å². The summed E-state index contributed by atoms with van der Waals surface area (Å²) in [6.45, 7) is 10.8. The summed E-state index contributed by atoms with van der Waals surface area (Å²) in [5.41, 5.74) is 0.524. The average molecular weight is 647 g/mol. The largest absolute Gasteiger partial charge is 0.489 e. The van der Waals surface area contributed by atoms with Crippen molar-refractivity contribution in [3.05, 3.63) is 133 Å². The van der Waals surface area contributed by atoms with Crippen LogP contribution in [0.5, 0.6) is 23.0 Å². The zero-order valence-corrected chi connectivity index (χ0v) is 27.1. The first-order valence-electron chi connectivity index (χ1n) is 15.6. The zero-order valence-electron chi connectivity index (χ0n) is 27.1. The molecule has 0 aliphatic carbocycles. The minimum absolute atomic E-state index is 0.155. The molecule has 5 rings (SSSR count). The lowest BCUT2D eigenvalue weighted by molar-refractivity contribution is -0.161. The predicted octanol–water partition coefficient (Wildman–Crippen LogP) is 8.58. The quantitative estimate of drug-likeness (QED) is 0.0598. The Morgan fingerprint density at radius 1 is 0.521 bits per heavy atom. The van der Waals surface area contributed by atoms with Crippen molar-refractivity contribution in [2.24, 2.45) is 0 Å². The Labute approximate surface area is 280 Å². The molecular formula is C40H38O8. The molecule has 5 aromatic carbocycles. The number of para-hydroxylation sites is 2. The van der Waals surface area contributed by atoms with Gasteiger partial charge in [0.15, 0.2) is 11.5 Å². The maximum atomic E-state index is 12.4. The van der Waals surface area contributed by atoms with E-state index < -0.39 is 24.5 Å². The third-order valence-corrected chi connectivity index (χ3v) is 7.26. The fourth-order valence-corrected chi connectivity index (χ4v) is 4.82. The number of carbonyl (C=O) groups excluding carboxylic acids is 2. The van der Waals surface area contributed by atoms with Crippen LogP contribution in [0, 0.1) is 0 Å². The Balaban J connectivity index is 1.23. The first-order chi connectivity index (χ1) is 23.3. The highest BCUT2D eigenvalue weighted by Gasteiger charge is 2.21. The van der Waals surface area contributed by atoms with E-state index in [0.717, 1.165) is 21.5 Å². The number of ether oxygens (including phenoxy) is 6. The summed E-state index contributed by atoms with van der Waals surface area (Å²) in [6.07, 6.45) is -1.39. The van der Waals surface area contributed by atoms with Crippen LogP contribution in [-0.2, 0) is 19.1 Å². The Morgan fingerprint density at radius 3 is 1.29 bits per heavy atom. The van der Waals surface area contributed by atoms with Crippen molar-refractivity contribution in [1.82, 2.24) is 0 Å². The average Bonchev–Trinajstić information content (AvgIpc) is 3.09. The van der Waals surface area contributed by atoms with Crippen molar-refractivity contribution in [3.63, 3.8) is 0 Å². The molecule has 5 aromatic rings. The van der Waals surface area contributed by atoms with E-state index in [0.29, 0.717) is 23.0 Å². The predicted molar refractivity (Wildman–Crippen MR) is 185 cm³/mol. The number of rotatable bonds is 16. The van der Waals surface area contributed by atoms with Crippen LogP contribution in [0.4, 0.5) is 0 Å². The van der Waals surface area contributed by atoms with Gasteiger partial charge in [-0.05, 0) is 48.9 Å². The number of hydrogen-bond acceptors (Lipinski definition) is 8. The van der Waals surface area contributed by atoms with Crippen LogP contribution in [0.1, 0.15) is 26.7 Å². The second-order valence-electron chi connectivity index (χ2n) is 11.1. The lowest BCUT2D eigenvalue weighted by Crippen LogP contribution is -2.27. The highest BCUT2D eigenvalue weighted by atomic mass is 16.7. The molecule has 0 N–H and O–H groups in total. The Hall–Kier alpha value is -5.76. The number of benzene rings is 5. The van der Waals surface area contributed by atoms with E-state index in [9.17, 15) is 9.59 Å². The van der Waals surface area contributed by atoms with Crippen molar-refractivity contribution >= 4 is 33.5 Å². The molecule has 0 aromatic heterocycles. The normalized spacial score (nSPS) is 12.0. The first kappa shape index (κ1) is 33.6. The summed E-state index contributed by atoms with van der Waals surface area (Å²) in [4.78, 5) is 24.9. The van der Waals surface area contributed by atoms with Crippen molar-refractivity contribution in [2.45, 2.75) is 39.3 Å². The van der Waals surface area contributed by atoms with Crippen molar-refractivity contribution in [2.75, 3.05) is 13.2 Å². The summed E-state index contributed by atoms with van der Waals surface area (Å²) >= 11 is 0. The molecule has 0 saturated carbocycles. The maximum absolute atomic E-state index is 12.4. The summed E-state index contributed by atoms with van der Waals surface area (Å²) < 4.78 is 35.8. The van der Waals surface area contributed by atoms with Crippen LogP contribution in [0.25, 0.3) is 21.5 Å². The molecule has 8 nitrogen and oxygen atoms in total. The molecule has 0 aliphatic heterocycles. The standard InChI is InChI=1S/C40H38O8/c1-27(2)39(41)47-37(45-33-21-11-15-29-13-5-7-17-31(29)33)23-25-43-35-19-9-10-20-36(35)44-26-24-38(48-40(42)28(3)4)46-34-22-12-16-30-14-6-8-18-32(30)34/h5-22,37-38H,1,3,23-26H2,2,4H3. The Morgan fingerprint density at radius 2 is 0.875 bits per heavy atom. The van der Waals surface area contributed by atoms with Crippen molar-refractivity contribution in [1.29, 1.82) is 0 Å². The summed E-state index contributed by atoms with van der Waals surface area (Å²) in [6, 6.07) is 34.2. The number of carbonyl (C=O) groups is 2. The fraction of sp³-hybridized carbons (Fsp3) is 0.200. The number of fused-ring (bicyclic) bond motifs is 2. The lowest BCUT2D eigenvalue weighted by atomic mass is 10.1. The summed E-state index contributed by atoms with van der Waals surface area (Å²) in [7, 11) is 0. The van der Waals surface area contributed by atoms with Gasteiger partial charge in [0, 0.05) is 21.9 Å². The van der Waals surface area contributed by atoms with E-state index in [1.807, 2.05) is 97.1 Å². The van der Waals surface area contributed by atoms with E-state index in [4.69, 9.17) is 28.4 Å². The van der Waals surface area contributed by atoms with Crippen LogP contribution >= 0.6 is 0 Å². The lowest BCUT2D eigenvalue weighted by Gasteiger charge is -2.22. The van der Waals surface area contributed by atoms with Gasteiger partial charge in [-0.3, -0.25) is 0 Å². The van der Waals surface area contributed by atoms with Gasteiger partial charge in [0.1, 0.15) is 11.5 Å². The van der Waals surface area contributed by atoms with Crippen LogP contribution in [0.2, 0.25) is 0 Å². The molecule has 2 atom stereocenters. The molecule has 8 heteroatoms. The van der Waals surface area contributed by atoms with Gasteiger partial charge in [-0.2, -0.15) is 0 Å². The summed E-state index contributed by atoms with van der Waals surface area (Å²) in [5, 5.41) is 3.79. The van der Waals surface area contributed by atoms with Gasteiger partial charge in [0.05, 0.1) is 26.1 Å². The molecule has 246 valence electrons.